The van der Waals surface area contributed by atoms with Crippen LogP contribution in [0.3, 0.4) is 0 Å². The van der Waals surface area contributed by atoms with E-state index < -0.39 is 0 Å². The van der Waals surface area contributed by atoms with Crippen molar-refractivity contribution in [3.05, 3.63) is 176 Å². The summed E-state index contributed by atoms with van der Waals surface area (Å²) in [5, 5.41) is 2.42. The molecular weight excluding hydrogens is 587 g/mol. The van der Waals surface area contributed by atoms with Crippen LogP contribution in [0.15, 0.2) is 170 Å². The van der Waals surface area contributed by atoms with E-state index in [9.17, 15) is 0 Å². The van der Waals surface area contributed by atoms with Gasteiger partial charge in [0.05, 0.1) is 22.4 Å². The van der Waals surface area contributed by atoms with Gasteiger partial charge in [0.1, 0.15) is 12.5 Å². The second-order valence-corrected chi connectivity index (χ2v) is 12.3. The van der Waals surface area contributed by atoms with Crippen molar-refractivity contribution >= 4 is 61.6 Å². The number of benzene rings is 6. The molecule has 3 heterocycles. The van der Waals surface area contributed by atoms with E-state index in [0.717, 1.165) is 46.3 Å². The first-order valence-electron chi connectivity index (χ1n) is 16.3. The molecule has 5 heteroatoms. The Hall–Kier alpha value is -6.33. The Morgan fingerprint density at radius 2 is 1.12 bits per heavy atom. The SMILES string of the molecule is Cc1ccnc(-n2c3ccccc3c3ccc(N(c4ccccc4)c4cccc(N5CN(c6ccccc6)c6ccccc65)c4)cc32)c1. The molecule has 0 bridgehead atoms. The molecule has 8 aromatic rings. The number of nitrogens with zero attached hydrogens (tertiary/aromatic N) is 5. The van der Waals surface area contributed by atoms with Crippen molar-refractivity contribution in [3.8, 4) is 5.82 Å². The minimum absolute atomic E-state index is 0.730. The Morgan fingerprint density at radius 1 is 0.500 bits per heavy atom. The highest BCUT2D eigenvalue weighted by Gasteiger charge is 2.28. The third-order valence-electron chi connectivity index (χ3n) is 9.27. The predicted octanol–water partition coefficient (Wildman–Crippen LogP) is 11.2. The first kappa shape index (κ1) is 27.9. The van der Waals surface area contributed by atoms with Gasteiger partial charge in [0.15, 0.2) is 0 Å². The zero-order valence-electron chi connectivity index (χ0n) is 26.6. The Labute approximate surface area is 280 Å². The van der Waals surface area contributed by atoms with E-state index in [1.165, 1.54) is 33.4 Å². The molecule has 230 valence electrons. The number of pyridine rings is 1. The smallest absolute Gasteiger partial charge is 0.137 e. The van der Waals surface area contributed by atoms with Crippen molar-refractivity contribution in [3.63, 3.8) is 0 Å². The van der Waals surface area contributed by atoms with Gasteiger partial charge in [-0.05, 0) is 97.4 Å². The van der Waals surface area contributed by atoms with E-state index in [2.05, 4.69) is 184 Å². The van der Waals surface area contributed by atoms with Crippen molar-refractivity contribution in [2.24, 2.45) is 0 Å². The number of para-hydroxylation sites is 5. The summed E-state index contributed by atoms with van der Waals surface area (Å²) in [4.78, 5) is 11.9. The zero-order valence-corrected chi connectivity index (χ0v) is 26.6. The third-order valence-corrected chi connectivity index (χ3v) is 9.27. The lowest BCUT2D eigenvalue weighted by molar-refractivity contribution is 0.990. The molecule has 0 N–H and O–H groups in total. The molecule has 2 aromatic heterocycles. The number of hydrogen-bond acceptors (Lipinski definition) is 4. The molecular formula is C43H33N5. The summed E-state index contributed by atoms with van der Waals surface area (Å²) in [5.74, 6) is 0.919. The molecule has 0 atom stereocenters. The number of rotatable bonds is 6. The van der Waals surface area contributed by atoms with Crippen LogP contribution in [-0.4, -0.2) is 16.2 Å². The van der Waals surface area contributed by atoms with E-state index in [4.69, 9.17) is 4.98 Å². The van der Waals surface area contributed by atoms with Gasteiger partial charge < -0.3 is 14.7 Å². The Balaban J connectivity index is 1.20. The van der Waals surface area contributed by atoms with Crippen LogP contribution in [0.1, 0.15) is 5.56 Å². The number of fused-ring (bicyclic) bond motifs is 4. The third kappa shape index (κ3) is 4.67. The van der Waals surface area contributed by atoms with Gasteiger partial charge in [-0.1, -0.05) is 78.9 Å². The molecule has 0 saturated carbocycles. The van der Waals surface area contributed by atoms with Crippen LogP contribution in [0.2, 0.25) is 0 Å². The van der Waals surface area contributed by atoms with Gasteiger partial charge >= 0.3 is 0 Å². The lowest BCUT2D eigenvalue weighted by Gasteiger charge is -2.28. The summed E-state index contributed by atoms with van der Waals surface area (Å²) in [6.07, 6.45) is 1.90. The summed E-state index contributed by atoms with van der Waals surface area (Å²) in [7, 11) is 0. The van der Waals surface area contributed by atoms with E-state index in [-0.39, 0.29) is 0 Å². The molecule has 0 radical (unpaired) electrons. The van der Waals surface area contributed by atoms with Crippen molar-refractivity contribution in [2.75, 3.05) is 21.4 Å². The summed E-state index contributed by atoms with van der Waals surface area (Å²) < 4.78 is 2.29. The molecule has 6 aromatic carbocycles. The standard InChI is InChI=1S/C43H33N5/c1-31-25-26-44-43(27-31)48-39-20-9-8-19-37(39)38-24-23-36(29-42(38)48)47(33-15-6-3-7-16-33)35-18-12-17-34(28-35)46-30-45(32-13-4-2-5-14-32)40-21-10-11-22-41(40)46/h2-29H,30H2,1H3. The van der Waals surface area contributed by atoms with Crippen LogP contribution >= 0.6 is 0 Å². The minimum Gasteiger partial charge on any atom is -0.321 e. The Morgan fingerprint density at radius 3 is 1.92 bits per heavy atom. The van der Waals surface area contributed by atoms with E-state index in [1.54, 1.807) is 0 Å². The summed E-state index contributed by atoms with van der Waals surface area (Å²) in [5.41, 5.74) is 11.4. The molecule has 0 aliphatic carbocycles. The van der Waals surface area contributed by atoms with Crippen LogP contribution < -0.4 is 14.7 Å². The van der Waals surface area contributed by atoms with Crippen LogP contribution in [0.4, 0.5) is 39.8 Å². The lowest BCUT2D eigenvalue weighted by Crippen LogP contribution is -2.24. The van der Waals surface area contributed by atoms with Crippen LogP contribution in [0.25, 0.3) is 27.6 Å². The zero-order chi connectivity index (χ0) is 32.0. The maximum atomic E-state index is 4.82. The van der Waals surface area contributed by atoms with Gasteiger partial charge in [0.2, 0.25) is 0 Å². The Bertz CT molecular complexity index is 2410. The van der Waals surface area contributed by atoms with Gasteiger partial charge in [0, 0.05) is 45.4 Å². The van der Waals surface area contributed by atoms with Gasteiger partial charge in [-0.3, -0.25) is 4.57 Å². The first-order chi connectivity index (χ1) is 23.7. The molecule has 1 aliphatic heterocycles. The number of anilines is 7. The summed E-state index contributed by atoms with van der Waals surface area (Å²) in [6.45, 7) is 2.85. The van der Waals surface area contributed by atoms with Gasteiger partial charge in [-0.15, -0.1) is 0 Å². The van der Waals surface area contributed by atoms with Crippen LogP contribution in [0, 0.1) is 6.92 Å². The van der Waals surface area contributed by atoms with Crippen LogP contribution in [0.5, 0.6) is 0 Å². The monoisotopic (exact) mass is 619 g/mol. The van der Waals surface area contributed by atoms with Gasteiger partial charge in [-0.2, -0.15) is 0 Å². The van der Waals surface area contributed by atoms with Crippen molar-refractivity contribution in [2.45, 2.75) is 6.92 Å². The van der Waals surface area contributed by atoms with E-state index in [0.29, 0.717) is 0 Å². The highest BCUT2D eigenvalue weighted by molar-refractivity contribution is 6.10. The summed E-state index contributed by atoms with van der Waals surface area (Å²) in [6, 6.07) is 58.4. The lowest BCUT2D eigenvalue weighted by atomic mass is 10.1. The van der Waals surface area contributed by atoms with E-state index >= 15 is 0 Å². The van der Waals surface area contributed by atoms with Crippen LogP contribution in [-0.2, 0) is 0 Å². The quantitative estimate of drug-likeness (QED) is 0.185. The molecule has 0 unspecified atom stereocenters. The molecule has 9 rings (SSSR count). The minimum atomic E-state index is 0.730. The molecule has 5 nitrogen and oxygen atoms in total. The average Bonchev–Trinajstić information content (AvgIpc) is 3.69. The highest BCUT2D eigenvalue weighted by atomic mass is 15.4. The molecule has 0 fully saturated rings. The summed E-state index contributed by atoms with van der Waals surface area (Å²) >= 11 is 0. The maximum Gasteiger partial charge on any atom is 0.137 e. The van der Waals surface area contributed by atoms with Crippen molar-refractivity contribution in [1.29, 1.82) is 0 Å². The molecule has 0 saturated heterocycles. The fourth-order valence-corrected chi connectivity index (χ4v) is 7.08. The maximum absolute atomic E-state index is 4.82. The molecule has 1 aliphatic rings. The second-order valence-electron chi connectivity index (χ2n) is 12.3. The second kappa shape index (κ2) is 11.5. The van der Waals surface area contributed by atoms with Crippen molar-refractivity contribution < 1.29 is 0 Å². The topological polar surface area (TPSA) is 27.5 Å². The molecule has 48 heavy (non-hydrogen) atoms. The van der Waals surface area contributed by atoms with Gasteiger partial charge in [0.25, 0.3) is 0 Å². The largest absolute Gasteiger partial charge is 0.321 e. The first-order valence-corrected chi connectivity index (χ1v) is 16.3. The van der Waals surface area contributed by atoms with E-state index in [1.807, 2.05) is 12.3 Å². The van der Waals surface area contributed by atoms with Gasteiger partial charge in [-0.25, -0.2) is 4.98 Å². The Kier molecular flexibility index (Phi) is 6.68. The molecule has 0 amide bonds. The predicted molar refractivity (Wildman–Crippen MR) is 200 cm³/mol. The number of aromatic nitrogens is 2. The number of aryl methyl sites for hydroxylation is 1. The fourth-order valence-electron chi connectivity index (χ4n) is 7.08. The van der Waals surface area contributed by atoms with Crippen molar-refractivity contribution in [1.82, 2.24) is 9.55 Å². The molecule has 0 spiro atoms. The highest BCUT2D eigenvalue weighted by Crippen LogP contribution is 2.46. The number of hydrogen-bond donors (Lipinski definition) is 0. The normalized spacial score (nSPS) is 12.5. The fraction of sp³-hybridized carbons (Fsp3) is 0.0465. The average molecular weight is 620 g/mol.